The van der Waals surface area contributed by atoms with E-state index in [2.05, 4.69) is 28.6 Å². The van der Waals surface area contributed by atoms with Crippen LogP contribution in [-0.4, -0.2) is 23.5 Å². The van der Waals surface area contributed by atoms with Crippen molar-refractivity contribution in [2.75, 3.05) is 11.9 Å². The van der Waals surface area contributed by atoms with Crippen molar-refractivity contribution in [3.8, 4) is 0 Å². The van der Waals surface area contributed by atoms with Gasteiger partial charge < -0.3 is 10.6 Å². The molecule has 0 bridgehead atoms. The number of pyridine rings is 1. The van der Waals surface area contributed by atoms with Crippen LogP contribution in [0.3, 0.4) is 0 Å². The van der Waals surface area contributed by atoms with Crippen LogP contribution in [-0.2, 0) is 12.6 Å². The molecular weight excluding hydrogens is 415 g/mol. The highest BCUT2D eigenvalue weighted by Gasteiger charge is 2.32. The Balaban J connectivity index is 1.50. The van der Waals surface area contributed by atoms with Gasteiger partial charge >= 0.3 is 6.18 Å². The van der Waals surface area contributed by atoms with Crippen molar-refractivity contribution < 1.29 is 18.0 Å². The minimum absolute atomic E-state index is 0.0151. The van der Waals surface area contributed by atoms with E-state index in [1.165, 1.54) is 5.56 Å². The summed E-state index contributed by atoms with van der Waals surface area (Å²) in [4.78, 5) is 16.7. The van der Waals surface area contributed by atoms with Gasteiger partial charge in [-0.05, 0) is 67.9 Å². The largest absolute Gasteiger partial charge is 0.416 e. The Hall–Kier alpha value is -2.28. The lowest BCUT2D eigenvalue weighted by Crippen LogP contribution is -2.38. The molecule has 1 aromatic heterocycles. The first-order chi connectivity index (χ1) is 14.3. The van der Waals surface area contributed by atoms with E-state index in [0.29, 0.717) is 5.92 Å². The van der Waals surface area contributed by atoms with Gasteiger partial charge in [0.1, 0.15) is 0 Å². The van der Waals surface area contributed by atoms with Gasteiger partial charge in [0, 0.05) is 25.0 Å². The molecule has 1 aliphatic carbocycles. The molecule has 2 aromatic rings. The summed E-state index contributed by atoms with van der Waals surface area (Å²) in [5.41, 5.74) is 1.16. The second-order valence-corrected chi connectivity index (χ2v) is 8.11. The zero-order chi connectivity index (χ0) is 21.7. The van der Waals surface area contributed by atoms with Crippen LogP contribution in [0.5, 0.6) is 0 Å². The number of halogens is 4. The van der Waals surface area contributed by atoms with E-state index in [1.54, 1.807) is 0 Å². The number of aryl methyl sites for hydroxylation is 1. The molecule has 0 unspecified atom stereocenters. The summed E-state index contributed by atoms with van der Waals surface area (Å²) >= 11 is 5.96. The van der Waals surface area contributed by atoms with E-state index < -0.39 is 17.6 Å². The minimum Gasteiger partial charge on any atom is -0.384 e. The highest BCUT2D eigenvalue weighted by atomic mass is 35.5. The predicted octanol–water partition coefficient (Wildman–Crippen LogP) is 5.72. The van der Waals surface area contributed by atoms with E-state index in [0.717, 1.165) is 62.5 Å². The highest BCUT2D eigenvalue weighted by Crippen LogP contribution is 2.32. The normalized spacial score (nSPS) is 19.4. The number of aromatic nitrogens is 1. The summed E-state index contributed by atoms with van der Waals surface area (Å²) in [6.07, 6.45) is 3.49. The van der Waals surface area contributed by atoms with Crippen LogP contribution in [0.1, 0.15) is 54.1 Å². The van der Waals surface area contributed by atoms with Crippen molar-refractivity contribution in [3.05, 3.63) is 58.4 Å². The van der Waals surface area contributed by atoms with E-state index in [-0.39, 0.29) is 16.6 Å². The topological polar surface area (TPSA) is 54.0 Å². The van der Waals surface area contributed by atoms with Gasteiger partial charge in [-0.25, -0.2) is 0 Å². The zero-order valence-electron chi connectivity index (χ0n) is 16.7. The van der Waals surface area contributed by atoms with Crippen molar-refractivity contribution >= 4 is 23.2 Å². The van der Waals surface area contributed by atoms with Gasteiger partial charge in [-0.1, -0.05) is 18.5 Å². The highest BCUT2D eigenvalue weighted by molar-refractivity contribution is 6.33. The number of nitrogens with one attached hydrogen (secondary N) is 2. The number of rotatable bonds is 6. The third kappa shape index (κ3) is 5.88. The van der Waals surface area contributed by atoms with E-state index in [4.69, 9.17) is 11.6 Å². The second-order valence-electron chi connectivity index (χ2n) is 7.70. The molecule has 3 rings (SSSR count). The molecule has 30 heavy (non-hydrogen) atoms. The molecule has 1 heterocycles. The lowest BCUT2D eigenvalue weighted by atomic mass is 9.86. The summed E-state index contributed by atoms with van der Waals surface area (Å²) in [7, 11) is 0. The number of benzene rings is 1. The molecule has 0 aliphatic heterocycles. The first-order valence-corrected chi connectivity index (χ1v) is 10.5. The molecule has 0 spiro atoms. The molecule has 4 nitrogen and oxygen atoms in total. The number of hydrogen-bond donors (Lipinski definition) is 2. The summed E-state index contributed by atoms with van der Waals surface area (Å²) in [6.45, 7) is 2.91. The number of alkyl halides is 3. The van der Waals surface area contributed by atoms with Gasteiger partial charge in [-0.15, -0.1) is 0 Å². The molecule has 0 atom stereocenters. The molecule has 1 aliphatic rings. The first kappa shape index (κ1) is 22.4. The molecule has 1 saturated carbocycles. The quantitative estimate of drug-likeness (QED) is 0.605. The number of nitrogens with zero attached hydrogens (tertiary/aromatic N) is 1. The van der Waals surface area contributed by atoms with E-state index in [1.807, 2.05) is 12.4 Å². The Morgan fingerprint density at radius 2 is 1.90 bits per heavy atom. The number of carbonyl (C=O) groups excluding carboxylic acids is 1. The molecule has 162 valence electrons. The summed E-state index contributed by atoms with van der Waals surface area (Å²) in [5.74, 6) is -0.0873. The van der Waals surface area contributed by atoms with Gasteiger partial charge in [-0.3, -0.25) is 9.78 Å². The molecule has 2 N–H and O–H groups in total. The maximum Gasteiger partial charge on any atom is 0.416 e. The van der Waals surface area contributed by atoms with Crippen molar-refractivity contribution in [1.82, 2.24) is 10.3 Å². The predicted molar refractivity (Wildman–Crippen MR) is 112 cm³/mol. The SMILES string of the molecule is CCc1cncc(NC[C@H]2CC[C@H](NC(=O)c3cc(C(F)(F)F)ccc3Cl)CC2)c1. The van der Waals surface area contributed by atoms with Crippen LogP contribution in [0.25, 0.3) is 0 Å². The van der Waals surface area contributed by atoms with Crippen molar-refractivity contribution in [2.24, 2.45) is 5.92 Å². The Kier molecular flexibility index (Phi) is 7.23. The Labute approximate surface area is 179 Å². The second kappa shape index (κ2) is 9.69. The molecule has 0 radical (unpaired) electrons. The average molecular weight is 440 g/mol. The van der Waals surface area contributed by atoms with Crippen LogP contribution < -0.4 is 10.6 Å². The van der Waals surface area contributed by atoms with Gasteiger partial charge in [0.15, 0.2) is 0 Å². The van der Waals surface area contributed by atoms with Gasteiger partial charge in [0.2, 0.25) is 0 Å². The summed E-state index contributed by atoms with van der Waals surface area (Å²) in [5, 5.41) is 6.28. The maximum absolute atomic E-state index is 12.9. The van der Waals surface area contributed by atoms with Crippen LogP contribution in [0.4, 0.5) is 18.9 Å². The van der Waals surface area contributed by atoms with Crippen LogP contribution in [0, 0.1) is 5.92 Å². The third-order valence-corrected chi connectivity index (χ3v) is 5.85. The third-order valence-electron chi connectivity index (χ3n) is 5.52. The smallest absolute Gasteiger partial charge is 0.384 e. The fraction of sp³-hybridized carbons (Fsp3) is 0.455. The van der Waals surface area contributed by atoms with Crippen molar-refractivity contribution in [1.29, 1.82) is 0 Å². The minimum atomic E-state index is -4.52. The fourth-order valence-corrected chi connectivity index (χ4v) is 3.89. The lowest BCUT2D eigenvalue weighted by Gasteiger charge is -2.29. The molecular formula is C22H25ClF3N3O. The van der Waals surface area contributed by atoms with Gasteiger partial charge in [0.25, 0.3) is 5.91 Å². The molecule has 1 amide bonds. The number of anilines is 1. The number of carbonyl (C=O) groups is 1. The summed E-state index contributed by atoms with van der Waals surface area (Å²) < 4.78 is 38.8. The zero-order valence-corrected chi connectivity index (χ0v) is 17.5. The van der Waals surface area contributed by atoms with E-state index >= 15 is 0 Å². The monoisotopic (exact) mass is 439 g/mol. The first-order valence-electron chi connectivity index (χ1n) is 10.1. The van der Waals surface area contributed by atoms with Crippen molar-refractivity contribution in [3.63, 3.8) is 0 Å². The van der Waals surface area contributed by atoms with Crippen LogP contribution in [0.15, 0.2) is 36.7 Å². The van der Waals surface area contributed by atoms with E-state index in [9.17, 15) is 18.0 Å². The van der Waals surface area contributed by atoms with Crippen LogP contribution in [0.2, 0.25) is 5.02 Å². The molecule has 1 aromatic carbocycles. The van der Waals surface area contributed by atoms with Gasteiger partial charge in [-0.2, -0.15) is 13.2 Å². The number of hydrogen-bond acceptors (Lipinski definition) is 3. The maximum atomic E-state index is 12.9. The Morgan fingerprint density at radius 1 is 1.17 bits per heavy atom. The lowest BCUT2D eigenvalue weighted by molar-refractivity contribution is -0.137. The Bertz CT molecular complexity index is 880. The average Bonchev–Trinajstić information content (AvgIpc) is 2.73. The summed E-state index contributed by atoms with van der Waals surface area (Å²) in [6, 6.07) is 4.83. The molecule has 8 heteroatoms. The molecule has 1 fully saturated rings. The van der Waals surface area contributed by atoms with Crippen molar-refractivity contribution in [2.45, 2.75) is 51.2 Å². The fourth-order valence-electron chi connectivity index (χ4n) is 3.69. The molecule has 0 saturated heterocycles. The Morgan fingerprint density at radius 3 is 2.57 bits per heavy atom. The van der Waals surface area contributed by atoms with Crippen LogP contribution >= 0.6 is 11.6 Å². The standard InChI is InChI=1S/C22H25ClF3N3O/c1-2-14-9-18(13-27-11-14)28-12-15-3-6-17(7-4-15)29-21(30)19-10-16(22(24,25)26)5-8-20(19)23/h5,8-11,13,15,17,28H,2-4,6-7,12H2,1H3,(H,29,30)/t15-,17-. The number of amides is 1. The van der Waals surface area contributed by atoms with Gasteiger partial charge in [0.05, 0.1) is 21.8 Å².